The molecule has 0 unspecified atom stereocenters. The Kier molecular flexibility index (Phi) is 3.49. The quantitative estimate of drug-likeness (QED) is 0.854. The van der Waals surface area contributed by atoms with E-state index in [9.17, 15) is 4.79 Å². The molecule has 0 spiro atoms. The molecule has 1 amide bonds. The summed E-state index contributed by atoms with van der Waals surface area (Å²) in [5, 5.41) is 6.79. The zero-order valence-corrected chi connectivity index (χ0v) is 9.63. The van der Waals surface area contributed by atoms with Gasteiger partial charge in [0.15, 0.2) is 0 Å². The topological polar surface area (TPSA) is 59.8 Å². The molecule has 0 radical (unpaired) electrons. The summed E-state index contributed by atoms with van der Waals surface area (Å²) in [4.78, 5) is 15.4. The van der Waals surface area contributed by atoms with Crippen LogP contribution in [-0.4, -0.2) is 27.2 Å². The Morgan fingerprint density at radius 3 is 2.71 bits per heavy atom. The van der Waals surface area contributed by atoms with Gasteiger partial charge >= 0.3 is 0 Å². The maximum atomic E-state index is 11.5. The molecule has 0 bridgehead atoms. The van der Waals surface area contributed by atoms with Crippen molar-refractivity contribution in [2.75, 3.05) is 6.54 Å². The van der Waals surface area contributed by atoms with Crippen LogP contribution in [0, 0.1) is 0 Å². The average molecular weight is 230 g/mol. The van der Waals surface area contributed by atoms with Crippen molar-refractivity contribution in [3.8, 4) is 0 Å². The third kappa shape index (κ3) is 2.90. The molecular formula is C12H14N4O. The molecule has 88 valence electrons. The van der Waals surface area contributed by atoms with E-state index in [-0.39, 0.29) is 5.91 Å². The summed E-state index contributed by atoms with van der Waals surface area (Å²) in [5.41, 5.74) is 1.76. The Morgan fingerprint density at radius 2 is 2.12 bits per heavy atom. The molecule has 2 aromatic rings. The number of amides is 1. The van der Waals surface area contributed by atoms with Crippen LogP contribution in [0.3, 0.4) is 0 Å². The van der Waals surface area contributed by atoms with Crippen LogP contribution in [0.15, 0.2) is 36.9 Å². The third-order valence-electron chi connectivity index (χ3n) is 2.36. The fourth-order valence-corrected chi connectivity index (χ4v) is 1.53. The zero-order chi connectivity index (χ0) is 12.1. The Morgan fingerprint density at radius 1 is 1.35 bits per heavy atom. The molecule has 0 aliphatic rings. The highest BCUT2D eigenvalue weighted by molar-refractivity contribution is 5.94. The zero-order valence-electron chi connectivity index (χ0n) is 9.63. The predicted octanol–water partition coefficient (Wildman–Crippen LogP) is 1.08. The Bertz CT molecular complexity index is 476. The molecule has 0 aliphatic carbocycles. The van der Waals surface area contributed by atoms with Crippen molar-refractivity contribution < 1.29 is 4.79 Å². The van der Waals surface area contributed by atoms with Crippen LogP contribution < -0.4 is 5.32 Å². The average Bonchev–Trinajstić information content (AvgIpc) is 2.83. The van der Waals surface area contributed by atoms with Gasteiger partial charge in [0.05, 0.1) is 6.54 Å². The Labute approximate surface area is 99.5 Å². The van der Waals surface area contributed by atoms with Gasteiger partial charge in [-0.3, -0.25) is 4.79 Å². The summed E-state index contributed by atoms with van der Waals surface area (Å²) in [6.07, 6.45) is 3.17. The van der Waals surface area contributed by atoms with Gasteiger partial charge in [0.1, 0.15) is 12.7 Å². The molecule has 1 aromatic carbocycles. The van der Waals surface area contributed by atoms with Gasteiger partial charge in [0.25, 0.3) is 5.91 Å². The van der Waals surface area contributed by atoms with E-state index in [0.717, 1.165) is 5.56 Å². The minimum absolute atomic E-state index is 0.0418. The lowest BCUT2D eigenvalue weighted by molar-refractivity contribution is 0.0956. The monoisotopic (exact) mass is 230 g/mol. The SMILES string of the molecule is CCNC(=O)c1ccc(Cn2cncn2)cc1. The standard InChI is InChI=1S/C12H14N4O/c1-2-14-12(17)11-5-3-10(4-6-11)7-16-9-13-8-15-16/h3-6,8-9H,2,7H2,1H3,(H,14,17). The summed E-state index contributed by atoms with van der Waals surface area (Å²) in [6, 6.07) is 7.48. The number of benzene rings is 1. The van der Waals surface area contributed by atoms with E-state index in [0.29, 0.717) is 18.7 Å². The van der Waals surface area contributed by atoms with Gasteiger partial charge in [-0.25, -0.2) is 9.67 Å². The highest BCUT2D eigenvalue weighted by Gasteiger charge is 2.03. The second-order valence-electron chi connectivity index (χ2n) is 3.65. The molecule has 1 aromatic heterocycles. The highest BCUT2D eigenvalue weighted by atomic mass is 16.1. The molecule has 5 nitrogen and oxygen atoms in total. The highest BCUT2D eigenvalue weighted by Crippen LogP contribution is 2.05. The second kappa shape index (κ2) is 5.25. The van der Waals surface area contributed by atoms with Crippen molar-refractivity contribution in [2.45, 2.75) is 13.5 Å². The summed E-state index contributed by atoms with van der Waals surface area (Å²) in [6.45, 7) is 3.20. The van der Waals surface area contributed by atoms with Gasteiger partial charge in [-0.15, -0.1) is 0 Å². The van der Waals surface area contributed by atoms with Crippen LogP contribution in [0.5, 0.6) is 0 Å². The largest absolute Gasteiger partial charge is 0.352 e. The van der Waals surface area contributed by atoms with Crippen molar-refractivity contribution in [1.82, 2.24) is 20.1 Å². The number of aromatic nitrogens is 3. The number of hydrogen-bond donors (Lipinski definition) is 1. The first kappa shape index (κ1) is 11.3. The third-order valence-corrected chi connectivity index (χ3v) is 2.36. The van der Waals surface area contributed by atoms with E-state index < -0.39 is 0 Å². The fourth-order valence-electron chi connectivity index (χ4n) is 1.53. The lowest BCUT2D eigenvalue weighted by atomic mass is 10.1. The first-order valence-electron chi connectivity index (χ1n) is 5.49. The normalized spacial score (nSPS) is 10.2. The van der Waals surface area contributed by atoms with Crippen molar-refractivity contribution in [1.29, 1.82) is 0 Å². The van der Waals surface area contributed by atoms with E-state index in [1.54, 1.807) is 11.0 Å². The summed E-state index contributed by atoms with van der Waals surface area (Å²) >= 11 is 0. The summed E-state index contributed by atoms with van der Waals surface area (Å²) in [7, 11) is 0. The van der Waals surface area contributed by atoms with E-state index in [4.69, 9.17) is 0 Å². The summed E-state index contributed by atoms with van der Waals surface area (Å²) in [5.74, 6) is -0.0418. The van der Waals surface area contributed by atoms with Crippen LogP contribution >= 0.6 is 0 Å². The van der Waals surface area contributed by atoms with Gasteiger partial charge in [0, 0.05) is 12.1 Å². The molecule has 0 saturated carbocycles. The number of carbonyl (C=O) groups excluding carboxylic acids is 1. The van der Waals surface area contributed by atoms with Crippen LogP contribution in [0.25, 0.3) is 0 Å². The molecule has 0 aliphatic heterocycles. The van der Waals surface area contributed by atoms with Gasteiger partial charge in [0.2, 0.25) is 0 Å². The number of rotatable bonds is 4. The summed E-state index contributed by atoms with van der Waals surface area (Å²) < 4.78 is 1.74. The molecule has 2 rings (SSSR count). The van der Waals surface area contributed by atoms with Crippen LogP contribution in [-0.2, 0) is 6.54 Å². The number of nitrogens with zero attached hydrogens (tertiary/aromatic N) is 3. The van der Waals surface area contributed by atoms with Crippen LogP contribution in [0.1, 0.15) is 22.8 Å². The van der Waals surface area contributed by atoms with Crippen molar-refractivity contribution >= 4 is 5.91 Å². The smallest absolute Gasteiger partial charge is 0.251 e. The van der Waals surface area contributed by atoms with E-state index >= 15 is 0 Å². The number of nitrogens with one attached hydrogen (secondary N) is 1. The number of carbonyl (C=O) groups is 1. The Balaban J connectivity index is 2.05. The molecule has 17 heavy (non-hydrogen) atoms. The van der Waals surface area contributed by atoms with E-state index in [1.165, 1.54) is 6.33 Å². The van der Waals surface area contributed by atoms with E-state index in [2.05, 4.69) is 15.4 Å². The molecule has 0 fully saturated rings. The lowest BCUT2D eigenvalue weighted by Crippen LogP contribution is -2.22. The van der Waals surface area contributed by atoms with E-state index in [1.807, 2.05) is 31.2 Å². The number of hydrogen-bond acceptors (Lipinski definition) is 3. The van der Waals surface area contributed by atoms with Crippen molar-refractivity contribution in [2.24, 2.45) is 0 Å². The maximum Gasteiger partial charge on any atom is 0.251 e. The molecule has 0 saturated heterocycles. The fraction of sp³-hybridized carbons (Fsp3) is 0.250. The molecule has 5 heteroatoms. The van der Waals surface area contributed by atoms with Gasteiger partial charge in [-0.2, -0.15) is 5.10 Å². The van der Waals surface area contributed by atoms with Crippen LogP contribution in [0.4, 0.5) is 0 Å². The van der Waals surface area contributed by atoms with Crippen LogP contribution in [0.2, 0.25) is 0 Å². The first-order valence-corrected chi connectivity index (χ1v) is 5.49. The van der Waals surface area contributed by atoms with Crippen molar-refractivity contribution in [3.63, 3.8) is 0 Å². The maximum absolute atomic E-state index is 11.5. The van der Waals surface area contributed by atoms with Gasteiger partial charge in [-0.1, -0.05) is 12.1 Å². The first-order chi connectivity index (χ1) is 8.29. The molecule has 0 atom stereocenters. The lowest BCUT2D eigenvalue weighted by Gasteiger charge is -2.04. The van der Waals surface area contributed by atoms with Gasteiger partial charge < -0.3 is 5.32 Å². The second-order valence-corrected chi connectivity index (χ2v) is 3.65. The molecule has 1 heterocycles. The van der Waals surface area contributed by atoms with Gasteiger partial charge in [-0.05, 0) is 24.6 Å². The Hall–Kier alpha value is -2.17. The predicted molar refractivity (Wildman–Crippen MR) is 63.6 cm³/mol. The molecular weight excluding hydrogens is 216 g/mol. The minimum Gasteiger partial charge on any atom is -0.352 e. The van der Waals surface area contributed by atoms with Crippen molar-refractivity contribution in [3.05, 3.63) is 48.0 Å². The molecule has 1 N–H and O–H groups in total. The minimum atomic E-state index is -0.0418.